The van der Waals surface area contributed by atoms with Crippen LogP contribution in [0.25, 0.3) is 10.8 Å². The fraction of sp³-hybridized carbons (Fsp3) is 0.412. The first-order chi connectivity index (χ1) is 19.9. The van der Waals surface area contributed by atoms with Crippen LogP contribution in [-0.2, 0) is 14.3 Å². The van der Waals surface area contributed by atoms with E-state index in [1.807, 2.05) is 26.8 Å². The van der Waals surface area contributed by atoms with Gasteiger partial charge in [0.15, 0.2) is 0 Å². The van der Waals surface area contributed by atoms with E-state index in [-0.39, 0.29) is 19.4 Å². The van der Waals surface area contributed by atoms with Gasteiger partial charge in [-0.3, -0.25) is 9.59 Å². The second-order valence-electron chi connectivity index (χ2n) is 10.8. The summed E-state index contributed by atoms with van der Waals surface area (Å²) in [5.41, 5.74) is -1.14. The number of rotatable bonds is 8. The van der Waals surface area contributed by atoms with Crippen LogP contribution in [0, 0.1) is 34.0 Å². The van der Waals surface area contributed by atoms with Gasteiger partial charge in [0, 0.05) is 23.3 Å². The molecule has 0 bridgehead atoms. The Labute approximate surface area is 248 Å². The van der Waals surface area contributed by atoms with Crippen LogP contribution >= 0.6 is 0 Å². The van der Waals surface area contributed by atoms with Gasteiger partial charge in [0.25, 0.3) is 0 Å². The molecule has 2 aromatic carbocycles. The number of imide groups is 1. The summed E-state index contributed by atoms with van der Waals surface area (Å²) in [6.45, 7) is 14.3. The van der Waals surface area contributed by atoms with Gasteiger partial charge in [-0.05, 0) is 68.9 Å². The first-order valence-corrected chi connectivity index (χ1v) is 14.1. The number of hydrogen-bond acceptors (Lipinski definition) is 7. The number of aliphatic hydroxyl groups excluding tert-OH is 1. The van der Waals surface area contributed by atoms with Crippen molar-refractivity contribution in [3.63, 3.8) is 0 Å². The van der Waals surface area contributed by atoms with Crippen molar-refractivity contribution >= 4 is 28.3 Å². The molecular weight excluding hydrogens is 530 g/mol. The molecule has 222 valence electrons. The smallest absolute Gasteiger partial charge is 0.239 e. The van der Waals surface area contributed by atoms with Gasteiger partial charge in [-0.1, -0.05) is 51.6 Å². The number of benzene rings is 2. The van der Waals surface area contributed by atoms with Crippen LogP contribution in [0.3, 0.4) is 0 Å². The fourth-order valence-electron chi connectivity index (χ4n) is 5.24. The molecule has 2 amide bonds. The van der Waals surface area contributed by atoms with Gasteiger partial charge >= 0.3 is 0 Å². The molecule has 1 fully saturated rings. The summed E-state index contributed by atoms with van der Waals surface area (Å²) in [7, 11) is 0. The van der Waals surface area contributed by atoms with Crippen molar-refractivity contribution in [2.24, 2.45) is 11.3 Å². The van der Waals surface area contributed by atoms with Gasteiger partial charge in [0.05, 0.1) is 47.6 Å². The van der Waals surface area contributed by atoms with E-state index in [1.165, 1.54) is 19.9 Å². The Balaban J connectivity index is 0.00000301. The zero-order chi connectivity index (χ0) is 31.7. The maximum atomic E-state index is 14.1. The van der Waals surface area contributed by atoms with Crippen molar-refractivity contribution in [3.05, 3.63) is 78.1 Å². The summed E-state index contributed by atoms with van der Waals surface area (Å²) < 4.78 is 5.83. The van der Waals surface area contributed by atoms with Crippen molar-refractivity contribution in [3.8, 4) is 12.1 Å². The highest BCUT2D eigenvalue weighted by atomic mass is 16.5. The predicted octanol–water partition coefficient (Wildman–Crippen LogP) is 6.09. The molecule has 8 nitrogen and oxygen atoms in total. The van der Waals surface area contributed by atoms with E-state index < -0.39 is 34.9 Å². The molecule has 1 aliphatic carbocycles. The number of ether oxygens (including phenoxy) is 1. The average Bonchev–Trinajstić information content (AvgIpc) is 2.97. The highest BCUT2D eigenvalue weighted by Gasteiger charge is 2.54. The number of anilines is 1. The predicted molar refractivity (Wildman–Crippen MR) is 164 cm³/mol. The summed E-state index contributed by atoms with van der Waals surface area (Å²) in [5, 5.41) is 42.0. The molecule has 42 heavy (non-hydrogen) atoms. The second kappa shape index (κ2) is 14.6. The topological polar surface area (TPSA) is 135 Å². The summed E-state index contributed by atoms with van der Waals surface area (Å²) >= 11 is 0. The van der Waals surface area contributed by atoms with E-state index in [9.17, 15) is 25.1 Å². The molecule has 0 aromatic heterocycles. The van der Waals surface area contributed by atoms with Gasteiger partial charge in [0.2, 0.25) is 11.8 Å². The minimum Gasteiger partial charge on any atom is -0.494 e. The Hall–Kier alpha value is -4.24. The van der Waals surface area contributed by atoms with E-state index in [4.69, 9.17) is 10.00 Å². The molecule has 2 aromatic rings. The fourth-order valence-corrected chi connectivity index (χ4v) is 5.24. The summed E-state index contributed by atoms with van der Waals surface area (Å²) in [4.78, 5) is 28.0. The van der Waals surface area contributed by atoms with Crippen LogP contribution in [0.15, 0.2) is 72.5 Å². The lowest BCUT2D eigenvalue weighted by atomic mass is 9.61. The van der Waals surface area contributed by atoms with Crippen LogP contribution in [-0.4, -0.2) is 40.3 Å². The summed E-state index contributed by atoms with van der Waals surface area (Å²) in [6, 6.07) is 14.3. The highest BCUT2D eigenvalue weighted by molar-refractivity contribution is 6.19. The first-order valence-electron chi connectivity index (χ1n) is 14.1. The molecule has 0 saturated heterocycles. The third kappa shape index (κ3) is 7.53. The highest BCUT2D eigenvalue weighted by Crippen LogP contribution is 2.48. The Kier molecular flexibility index (Phi) is 11.8. The molecule has 0 radical (unpaired) electrons. The molecule has 0 spiro atoms. The van der Waals surface area contributed by atoms with Gasteiger partial charge in [-0.25, -0.2) is 4.90 Å². The van der Waals surface area contributed by atoms with Crippen LogP contribution < -0.4 is 4.90 Å². The standard InChI is InChI=1S/C32H35N3O5.C2H6/c1-6-24(13-11-21(2)19-33)40-16-15-31(4)17-27(32(5,39)29(37)18-31)30(38)35(22(3)36)28-14-12-23(20-34)25-9-7-8-10-26(25)28;1-2/h6-14,27,29,37,39H,1,15-18H2,2-5H3;1-2H3/b21-11+,24-13+;. The lowest BCUT2D eigenvalue weighted by Gasteiger charge is -2.49. The quantitative estimate of drug-likeness (QED) is 0.222. The molecule has 8 heteroatoms. The molecule has 1 saturated carbocycles. The molecule has 1 aliphatic rings. The van der Waals surface area contributed by atoms with Crippen molar-refractivity contribution in [2.45, 2.75) is 72.5 Å². The molecule has 0 aliphatic heterocycles. The largest absolute Gasteiger partial charge is 0.494 e. The van der Waals surface area contributed by atoms with E-state index in [0.717, 1.165) is 4.90 Å². The van der Waals surface area contributed by atoms with E-state index in [0.29, 0.717) is 39.8 Å². The number of carbonyl (C=O) groups excluding carboxylic acids is 2. The zero-order valence-corrected chi connectivity index (χ0v) is 25.3. The number of hydrogen-bond donors (Lipinski definition) is 2. The lowest BCUT2D eigenvalue weighted by molar-refractivity contribution is -0.169. The third-order valence-corrected chi connectivity index (χ3v) is 7.71. The van der Waals surface area contributed by atoms with Gasteiger partial charge < -0.3 is 14.9 Å². The van der Waals surface area contributed by atoms with Crippen LogP contribution in [0.2, 0.25) is 0 Å². The van der Waals surface area contributed by atoms with Crippen LogP contribution in [0.4, 0.5) is 5.69 Å². The Morgan fingerprint density at radius 3 is 2.31 bits per heavy atom. The normalized spacial score (nSPS) is 24.0. The SMILES string of the molecule is C=C/C(=C\C=C(/C)C#N)OCCC1(C)CC(O)C(C)(O)C(C(=O)N(C(C)=O)c2ccc(C#N)c3ccccc23)C1.CC. The van der Waals surface area contributed by atoms with Crippen molar-refractivity contribution in [2.75, 3.05) is 11.5 Å². The zero-order valence-electron chi connectivity index (χ0n) is 25.3. The van der Waals surface area contributed by atoms with Crippen LogP contribution in [0.5, 0.6) is 0 Å². The molecule has 0 heterocycles. The number of aliphatic hydroxyl groups is 2. The molecular formula is C34H41N3O5. The average molecular weight is 572 g/mol. The van der Waals surface area contributed by atoms with Gasteiger partial charge in [-0.2, -0.15) is 10.5 Å². The minimum atomic E-state index is -1.78. The lowest BCUT2D eigenvalue weighted by Crippen LogP contribution is -2.59. The van der Waals surface area contributed by atoms with Crippen LogP contribution in [0.1, 0.15) is 66.4 Å². The Morgan fingerprint density at radius 1 is 1.10 bits per heavy atom. The van der Waals surface area contributed by atoms with Gasteiger partial charge in [0.1, 0.15) is 5.76 Å². The van der Waals surface area contributed by atoms with Crippen molar-refractivity contribution < 1.29 is 24.5 Å². The Bertz CT molecular complexity index is 1460. The number of carbonyl (C=O) groups is 2. The monoisotopic (exact) mass is 571 g/mol. The van der Waals surface area contributed by atoms with E-state index in [2.05, 4.69) is 12.6 Å². The number of nitriles is 2. The van der Waals surface area contributed by atoms with E-state index >= 15 is 0 Å². The molecule has 4 unspecified atom stereocenters. The number of amides is 2. The number of nitrogens with zero attached hydrogens (tertiary/aromatic N) is 3. The number of fused-ring (bicyclic) bond motifs is 1. The summed E-state index contributed by atoms with van der Waals surface area (Å²) in [5.74, 6) is -1.77. The third-order valence-electron chi connectivity index (χ3n) is 7.71. The maximum Gasteiger partial charge on any atom is 0.239 e. The maximum absolute atomic E-state index is 14.1. The molecule has 4 atom stereocenters. The van der Waals surface area contributed by atoms with Gasteiger partial charge in [-0.15, -0.1) is 0 Å². The first kappa shape index (κ1) is 34.0. The summed E-state index contributed by atoms with van der Waals surface area (Å²) in [6.07, 6.45) is 4.47. The molecule has 3 rings (SSSR count). The second-order valence-corrected chi connectivity index (χ2v) is 10.8. The minimum absolute atomic E-state index is 0.206. The van der Waals surface area contributed by atoms with E-state index in [1.54, 1.807) is 55.5 Å². The van der Waals surface area contributed by atoms with Crippen molar-refractivity contribution in [1.29, 1.82) is 10.5 Å². The van der Waals surface area contributed by atoms with Crippen molar-refractivity contribution in [1.82, 2.24) is 0 Å². The Morgan fingerprint density at radius 2 is 1.74 bits per heavy atom. The number of allylic oxidation sites excluding steroid dienone is 4. The molecule has 2 N–H and O–H groups in total.